The van der Waals surface area contributed by atoms with E-state index in [9.17, 15) is 4.79 Å². The van der Waals surface area contributed by atoms with Gasteiger partial charge in [0.2, 0.25) is 0 Å². The number of para-hydroxylation sites is 1. The van der Waals surface area contributed by atoms with Crippen molar-refractivity contribution in [3.8, 4) is 0 Å². The van der Waals surface area contributed by atoms with E-state index in [0.29, 0.717) is 23.9 Å². The van der Waals surface area contributed by atoms with Crippen LogP contribution in [0.1, 0.15) is 10.5 Å². The number of ether oxygens (including phenoxy) is 1. The molecule has 0 spiro atoms. The van der Waals surface area contributed by atoms with Crippen LogP contribution in [0.4, 0.5) is 11.5 Å². The number of rotatable bonds is 3. The van der Waals surface area contributed by atoms with E-state index in [1.165, 1.54) is 6.20 Å². The summed E-state index contributed by atoms with van der Waals surface area (Å²) < 4.78 is 5.29. The predicted molar refractivity (Wildman–Crippen MR) is 84.5 cm³/mol. The molecule has 1 saturated heterocycles. The van der Waals surface area contributed by atoms with Crippen molar-refractivity contribution in [1.29, 1.82) is 0 Å². The summed E-state index contributed by atoms with van der Waals surface area (Å²) in [5.74, 6) is 0.409. The molecule has 0 saturated carbocycles. The molecule has 0 aliphatic carbocycles. The van der Waals surface area contributed by atoms with Gasteiger partial charge < -0.3 is 15.0 Å². The van der Waals surface area contributed by atoms with Gasteiger partial charge in [0.1, 0.15) is 11.5 Å². The van der Waals surface area contributed by atoms with Crippen LogP contribution in [0.5, 0.6) is 0 Å². The molecule has 1 amide bonds. The predicted octanol–water partition coefficient (Wildman–Crippen LogP) is 2.22. The number of hydrogen-bond acceptors (Lipinski definition) is 5. The topological polar surface area (TPSA) is 67.4 Å². The minimum absolute atomic E-state index is 0.247. The molecule has 7 heteroatoms. The Labute approximate surface area is 133 Å². The number of morpholine rings is 1. The van der Waals surface area contributed by atoms with E-state index in [-0.39, 0.29) is 11.6 Å². The highest BCUT2D eigenvalue weighted by atomic mass is 35.5. The summed E-state index contributed by atoms with van der Waals surface area (Å²) in [6.07, 6.45) is 3.07. The Morgan fingerprint density at radius 1 is 1.18 bits per heavy atom. The minimum atomic E-state index is -0.339. The lowest BCUT2D eigenvalue weighted by Gasteiger charge is -2.27. The van der Waals surface area contributed by atoms with Gasteiger partial charge >= 0.3 is 0 Å². The van der Waals surface area contributed by atoms with Gasteiger partial charge in [0.25, 0.3) is 5.91 Å². The zero-order valence-electron chi connectivity index (χ0n) is 11.8. The number of amides is 1. The maximum atomic E-state index is 12.1. The third kappa shape index (κ3) is 3.35. The summed E-state index contributed by atoms with van der Waals surface area (Å²) in [6.45, 7) is 2.91. The molecule has 1 aromatic heterocycles. The number of hydrogen-bond donors (Lipinski definition) is 1. The Morgan fingerprint density at radius 2 is 1.95 bits per heavy atom. The number of anilines is 2. The highest BCUT2D eigenvalue weighted by Crippen LogP contribution is 2.21. The Morgan fingerprint density at radius 3 is 2.64 bits per heavy atom. The van der Waals surface area contributed by atoms with Gasteiger partial charge in [0.05, 0.1) is 36.3 Å². The zero-order valence-corrected chi connectivity index (χ0v) is 12.6. The summed E-state index contributed by atoms with van der Waals surface area (Å²) in [5, 5.41) is 3.20. The van der Waals surface area contributed by atoms with Gasteiger partial charge in [-0.2, -0.15) is 0 Å². The monoisotopic (exact) mass is 318 g/mol. The molecule has 6 nitrogen and oxygen atoms in total. The third-order valence-corrected chi connectivity index (χ3v) is 3.66. The number of nitrogens with zero attached hydrogens (tertiary/aromatic N) is 3. The standard InChI is InChI=1S/C15H15ClN4O2/c16-11-3-1-2-4-12(11)19-15(21)13-9-18-14(10-17-13)20-5-7-22-8-6-20/h1-4,9-10H,5-8H2,(H,19,21). The first-order chi connectivity index (χ1) is 10.7. The summed E-state index contributed by atoms with van der Waals surface area (Å²) in [5.41, 5.74) is 0.796. The molecule has 114 valence electrons. The van der Waals surface area contributed by atoms with E-state index < -0.39 is 0 Å². The van der Waals surface area contributed by atoms with Crippen molar-refractivity contribution < 1.29 is 9.53 Å². The average molecular weight is 319 g/mol. The fraction of sp³-hybridized carbons (Fsp3) is 0.267. The summed E-state index contributed by atoms with van der Waals surface area (Å²) in [6, 6.07) is 7.05. The second-order valence-electron chi connectivity index (χ2n) is 4.79. The van der Waals surface area contributed by atoms with Crippen LogP contribution in [-0.4, -0.2) is 42.2 Å². The molecular formula is C15H15ClN4O2. The molecule has 0 atom stereocenters. The van der Waals surface area contributed by atoms with Crippen molar-refractivity contribution in [3.63, 3.8) is 0 Å². The first-order valence-electron chi connectivity index (χ1n) is 6.94. The first-order valence-corrected chi connectivity index (χ1v) is 7.32. The van der Waals surface area contributed by atoms with Crippen LogP contribution >= 0.6 is 11.6 Å². The average Bonchev–Trinajstić information content (AvgIpc) is 2.58. The second-order valence-corrected chi connectivity index (χ2v) is 5.20. The summed E-state index contributed by atoms with van der Waals surface area (Å²) in [7, 11) is 0. The van der Waals surface area contributed by atoms with Crippen molar-refractivity contribution in [2.75, 3.05) is 36.5 Å². The number of nitrogens with one attached hydrogen (secondary N) is 1. The maximum absolute atomic E-state index is 12.1. The van der Waals surface area contributed by atoms with E-state index >= 15 is 0 Å². The lowest BCUT2D eigenvalue weighted by atomic mass is 10.3. The molecule has 1 aliphatic heterocycles. The first kappa shape index (κ1) is 14.7. The third-order valence-electron chi connectivity index (χ3n) is 3.33. The van der Waals surface area contributed by atoms with Gasteiger partial charge in [-0.3, -0.25) is 4.79 Å². The molecule has 2 aromatic rings. The van der Waals surface area contributed by atoms with Crippen LogP contribution in [-0.2, 0) is 4.74 Å². The van der Waals surface area contributed by atoms with Crippen LogP contribution in [0.15, 0.2) is 36.7 Å². The molecule has 0 bridgehead atoms. The quantitative estimate of drug-likeness (QED) is 0.940. The molecule has 3 rings (SSSR count). The molecule has 1 aromatic carbocycles. The van der Waals surface area contributed by atoms with Gasteiger partial charge in [-0.05, 0) is 12.1 Å². The number of halogens is 1. The highest BCUT2D eigenvalue weighted by molar-refractivity contribution is 6.33. The van der Waals surface area contributed by atoms with E-state index in [0.717, 1.165) is 18.9 Å². The van der Waals surface area contributed by atoms with E-state index in [1.807, 2.05) is 0 Å². The fourth-order valence-electron chi connectivity index (χ4n) is 2.14. The van der Waals surface area contributed by atoms with Crippen molar-refractivity contribution in [3.05, 3.63) is 47.4 Å². The van der Waals surface area contributed by atoms with Gasteiger partial charge in [0.15, 0.2) is 0 Å². The molecule has 0 unspecified atom stereocenters. The minimum Gasteiger partial charge on any atom is -0.378 e. The molecule has 1 aliphatic rings. The van der Waals surface area contributed by atoms with Gasteiger partial charge in [-0.25, -0.2) is 9.97 Å². The van der Waals surface area contributed by atoms with Gasteiger partial charge in [-0.15, -0.1) is 0 Å². The van der Waals surface area contributed by atoms with Crippen molar-refractivity contribution in [2.45, 2.75) is 0 Å². The SMILES string of the molecule is O=C(Nc1ccccc1Cl)c1cnc(N2CCOCC2)cn1. The van der Waals surface area contributed by atoms with Crippen LogP contribution in [0.25, 0.3) is 0 Å². The lowest BCUT2D eigenvalue weighted by molar-refractivity contribution is 0.102. The Balaban J connectivity index is 1.69. The largest absolute Gasteiger partial charge is 0.378 e. The summed E-state index contributed by atoms with van der Waals surface area (Å²) in [4.78, 5) is 22.7. The van der Waals surface area contributed by atoms with Crippen LogP contribution in [0.3, 0.4) is 0 Å². The van der Waals surface area contributed by atoms with E-state index in [4.69, 9.17) is 16.3 Å². The molecule has 1 fully saturated rings. The Hall–Kier alpha value is -2.18. The van der Waals surface area contributed by atoms with Gasteiger partial charge in [-0.1, -0.05) is 23.7 Å². The normalized spacial score (nSPS) is 14.7. The number of benzene rings is 1. The summed E-state index contributed by atoms with van der Waals surface area (Å²) >= 11 is 6.01. The van der Waals surface area contributed by atoms with Gasteiger partial charge in [0, 0.05) is 13.1 Å². The molecule has 22 heavy (non-hydrogen) atoms. The Kier molecular flexibility index (Phi) is 4.50. The van der Waals surface area contributed by atoms with Crippen molar-refractivity contribution in [2.24, 2.45) is 0 Å². The molecule has 0 radical (unpaired) electrons. The van der Waals surface area contributed by atoms with Crippen molar-refractivity contribution >= 4 is 29.0 Å². The number of carbonyl (C=O) groups excluding carboxylic acids is 1. The van der Waals surface area contributed by atoms with Crippen LogP contribution < -0.4 is 10.2 Å². The van der Waals surface area contributed by atoms with E-state index in [1.54, 1.807) is 30.5 Å². The fourth-order valence-corrected chi connectivity index (χ4v) is 2.33. The Bertz CT molecular complexity index is 657. The number of carbonyl (C=O) groups is 1. The highest BCUT2D eigenvalue weighted by Gasteiger charge is 2.15. The van der Waals surface area contributed by atoms with Crippen LogP contribution in [0.2, 0.25) is 5.02 Å². The number of aromatic nitrogens is 2. The molecular weight excluding hydrogens is 304 g/mol. The lowest BCUT2D eigenvalue weighted by Crippen LogP contribution is -2.36. The smallest absolute Gasteiger partial charge is 0.275 e. The van der Waals surface area contributed by atoms with E-state index in [2.05, 4.69) is 20.2 Å². The second kappa shape index (κ2) is 6.72. The molecule has 1 N–H and O–H groups in total. The maximum Gasteiger partial charge on any atom is 0.275 e. The van der Waals surface area contributed by atoms with Crippen LogP contribution in [0, 0.1) is 0 Å². The zero-order chi connectivity index (χ0) is 15.4. The van der Waals surface area contributed by atoms with Crippen molar-refractivity contribution in [1.82, 2.24) is 9.97 Å². The molecule has 2 heterocycles.